The van der Waals surface area contributed by atoms with Crippen molar-refractivity contribution in [2.24, 2.45) is 5.73 Å². The lowest BCUT2D eigenvalue weighted by Gasteiger charge is -1.88. The summed E-state index contributed by atoms with van der Waals surface area (Å²) < 4.78 is 3.78. The fourth-order valence-corrected chi connectivity index (χ4v) is 2.39. The number of nitrogens with zero attached hydrogens (tertiary/aromatic N) is 4. The van der Waals surface area contributed by atoms with E-state index in [2.05, 4.69) is 19.8 Å². The average Bonchev–Trinajstić information content (AvgIpc) is 2.85. The number of hydrogen-bond acceptors (Lipinski definition) is 7. The number of nitrogens with two attached hydrogens (primary N) is 1. The van der Waals surface area contributed by atoms with Crippen LogP contribution in [0.2, 0.25) is 0 Å². The summed E-state index contributed by atoms with van der Waals surface area (Å²) >= 11 is 2.92. The Morgan fingerprint density at radius 1 is 1.36 bits per heavy atom. The molecule has 0 fully saturated rings. The Balaban J connectivity index is 2.10. The summed E-state index contributed by atoms with van der Waals surface area (Å²) in [6.07, 6.45) is 3.56. The fraction of sp³-hybridized carbons (Fsp3) is 0.429. The van der Waals surface area contributed by atoms with Crippen molar-refractivity contribution >= 4 is 22.9 Å². The third-order valence-corrected chi connectivity index (χ3v) is 3.45. The topological polar surface area (TPSA) is 77.6 Å². The molecule has 0 aliphatic carbocycles. The van der Waals surface area contributed by atoms with E-state index in [1.54, 1.807) is 17.5 Å². The molecule has 2 aromatic rings. The second kappa shape index (κ2) is 4.54. The SMILES string of the molecule is NCCCc1nnc(-c2cnns2)s1. The van der Waals surface area contributed by atoms with Crippen molar-refractivity contribution in [3.05, 3.63) is 11.2 Å². The van der Waals surface area contributed by atoms with Crippen molar-refractivity contribution in [2.45, 2.75) is 12.8 Å². The summed E-state index contributed by atoms with van der Waals surface area (Å²) in [5, 5.41) is 13.8. The molecule has 2 rings (SSSR count). The molecule has 74 valence electrons. The van der Waals surface area contributed by atoms with Gasteiger partial charge in [-0.2, -0.15) is 0 Å². The maximum atomic E-state index is 5.42. The van der Waals surface area contributed by atoms with E-state index >= 15 is 0 Å². The summed E-state index contributed by atoms with van der Waals surface area (Å²) in [6, 6.07) is 0. The van der Waals surface area contributed by atoms with Crippen LogP contribution < -0.4 is 5.73 Å². The van der Waals surface area contributed by atoms with Crippen LogP contribution in [0.1, 0.15) is 11.4 Å². The highest BCUT2D eigenvalue weighted by molar-refractivity contribution is 7.19. The van der Waals surface area contributed by atoms with Crippen molar-refractivity contribution in [3.63, 3.8) is 0 Å². The van der Waals surface area contributed by atoms with E-state index in [-0.39, 0.29) is 0 Å². The lowest BCUT2D eigenvalue weighted by Crippen LogP contribution is -1.99. The second-order valence-electron chi connectivity index (χ2n) is 2.67. The van der Waals surface area contributed by atoms with Gasteiger partial charge in [-0.15, -0.1) is 15.3 Å². The normalized spacial score (nSPS) is 10.6. The van der Waals surface area contributed by atoms with Crippen LogP contribution in [-0.4, -0.2) is 26.3 Å². The van der Waals surface area contributed by atoms with Gasteiger partial charge in [0.25, 0.3) is 0 Å². The van der Waals surface area contributed by atoms with Gasteiger partial charge in [0.1, 0.15) is 9.88 Å². The molecule has 0 aliphatic heterocycles. The average molecular weight is 227 g/mol. The summed E-state index contributed by atoms with van der Waals surface area (Å²) in [5.41, 5.74) is 5.42. The zero-order valence-corrected chi connectivity index (χ0v) is 9.01. The number of aryl methyl sites for hydroxylation is 1. The third kappa shape index (κ3) is 2.11. The van der Waals surface area contributed by atoms with Gasteiger partial charge in [-0.1, -0.05) is 15.8 Å². The first-order valence-corrected chi connectivity index (χ1v) is 5.79. The van der Waals surface area contributed by atoms with Crippen LogP contribution in [0, 0.1) is 0 Å². The van der Waals surface area contributed by atoms with Gasteiger partial charge in [-0.3, -0.25) is 0 Å². The molecule has 0 aliphatic rings. The molecule has 0 aromatic carbocycles. The van der Waals surface area contributed by atoms with Gasteiger partial charge in [0.2, 0.25) is 0 Å². The van der Waals surface area contributed by atoms with Crippen LogP contribution in [0.4, 0.5) is 0 Å². The molecule has 2 heterocycles. The zero-order chi connectivity index (χ0) is 9.80. The largest absolute Gasteiger partial charge is 0.330 e. The molecule has 0 saturated carbocycles. The molecule has 0 unspecified atom stereocenters. The Morgan fingerprint density at radius 2 is 2.29 bits per heavy atom. The van der Waals surface area contributed by atoms with E-state index in [1.165, 1.54) is 11.5 Å². The standard InChI is InChI=1S/C7H9N5S2/c8-3-1-2-6-10-11-7(13-6)5-4-9-12-14-5/h4H,1-3,8H2. The van der Waals surface area contributed by atoms with Crippen molar-refractivity contribution < 1.29 is 0 Å². The van der Waals surface area contributed by atoms with Gasteiger partial charge in [0, 0.05) is 6.42 Å². The van der Waals surface area contributed by atoms with Gasteiger partial charge in [-0.05, 0) is 24.5 Å². The van der Waals surface area contributed by atoms with Gasteiger partial charge in [-0.25, -0.2) is 0 Å². The predicted octanol–water partition coefficient (Wildman–Crippen LogP) is 0.948. The third-order valence-electron chi connectivity index (χ3n) is 1.63. The van der Waals surface area contributed by atoms with Gasteiger partial charge in [0.05, 0.1) is 6.20 Å². The maximum Gasteiger partial charge on any atom is 0.161 e. The molecule has 0 saturated heterocycles. The number of rotatable bonds is 4. The minimum absolute atomic E-state index is 0.691. The van der Waals surface area contributed by atoms with Crippen LogP contribution in [0.15, 0.2) is 6.20 Å². The molecule has 0 bridgehead atoms. The van der Waals surface area contributed by atoms with Crippen LogP contribution in [0.3, 0.4) is 0 Å². The predicted molar refractivity (Wildman–Crippen MR) is 56.2 cm³/mol. The molecule has 0 atom stereocenters. The minimum Gasteiger partial charge on any atom is -0.330 e. The van der Waals surface area contributed by atoms with E-state index in [0.717, 1.165) is 27.7 Å². The zero-order valence-electron chi connectivity index (χ0n) is 7.38. The van der Waals surface area contributed by atoms with E-state index < -0.39 is 0 Å². The Bertz CT molecular complexity index is 382. The van der Waals surface area contributed by atoms with Gasteiger partial charge in [0.15, 0.2) is 5.01 Å². The van der Waals surface area contributed by atoms with Crippen LogP contribution >= 0.6 is 22.9 Å². The number of hydrogen-bond donors (Lipinski definition) is 1. The van der Waals surface area contributed by atoms with Crippen LogP contribution in [-0.2, 0) is 6.42 Å². The summed E-state index contributed by atoms with van der Waals surface area (Å²) in [5.74, 6) is 0. The Morgan fingerprint density at radius 3 is 3.00 bits per heavy atom. The molecule has 7 heteroatoms. The van der Waals surface area contributed by atoms with Gasteiger partial charge >= 0.3 is 0 Å². The highest BCUT2D eigenvalue weighted by atomic mass is 32.1. The lowest BCUT2D eigenvalue weighted by atomic mass is 10.3. The fourth-order valence-electron chi connectivity index (χ4n) is 0.969. The molecule has 2 N–H and O–H groups in total. The van der Waals surface area contributed by atoms with Crippen molar-refractivity contribution in [1.82, 2.24) is 19.8 Å². The van der Waals surface area contributed by atoms with E-state index in [1.807, 2.05) is 0 Å². The molecule has 0 spiro atoms. The molecule has 0 radical (unpaired) electrons. The van der Waals surface area contributed by atoms with E-state index in [4.69, 9.17) is 5.73 Å². The number of aromatic nitrogens is 4. The molecule has 2 aromatic heterocycles. The van der Waals surface area contributed by atoms with Crippen LogP contribution in [0.5, 0.6) is 0 Å². The first-order valence-electron chi connectivity index (χ1n) is 4.20. The monoisotopic (exact) mass is 227 g/mol. The van der Waals surface area contributed by atoms with Crippen molar-refractivity contribution in [2.75, 3.05) is 6.54 Å². The quantitative estimate of drug-likeness (QED) is 0.841. The summed E-state index contributed by atoms with van der Waals surface area (Å²) in [4.78, 5) is 0.974. The second-order valence-corrected chi connectivity index (χ2v) is 4.52. The smallest absolute Gasteiger partial charge is 0.161 e. The molecule has 0 amide bonds. The van der Waals surface area contributed by atoms with Crippen LogP contribution in [0.25, 0.3) is 9.88 Å². The molecule has 14 heavy (non-hydrogen) atoms. The lowest BCUT2D eigenvalue weighted by molar-refractivity contribution is 0.812. The van der Waals surface area contributed by atoms with E-state index in [9.17, 15) is 0 Å². The Kier molecular flexibility index (Phi) is 3.12. The summed E-state index contributed by atoms with van der Waals surface area (Å²) in [7, 11) is 0. The van der Waals surface area contributed by atoms with Gasteiger partial charge < -0.3 is 5.73 Å². The highest BCUT2D eigenvalue weighted by Gasteiger charge is 2.07. The molecule has 5 nitrogen and oxygen atoms in total. The Hall–Kier alpha value is -0.920. The maximum absolute atomic E-state index is 5.42. The van der Waals surface area contributed by atoms with E-state index in [0.29, 0.717) is 6.54 Å². The molecular formula is C7H9N5S2. The Labute approximate surface area is 89.2 Å². The van der Waals surface area contributed by atoms with Crippen molar-refractivity contribution in [1.29, 1.82) is 0 Å². The summed E-state index contributed by atoms with van der Waals surface area (Å²) in [6.45, 7) is 0.691. The molecular weight excluding hydrogens is 218 g/mol. The first kappa shape index (κ1) is 9.63. The minimum atomic E-state index is 0.691. The first-order chi connectivity index (χ1) is 6.90. The van der Waals surface area contributed by atoms with Crippen molar-refractivity contribution in [3.8, 4) is 9.88 Å². The highest BCUT2D eigenvalue weighted by Crippen LogP contribution is 2.25.